The number of piperidine rings is 3. The summed E-state index contributed by atoms with van der Waals surface area (Å²) in [6.07, 6.45) is 2.38. The molecule has 2 aromatic rings. The van der Waals surface area contributed by atoms with Gasteiger partial charge in [0.2, 0.25) is 0 Å². The molecule has 6 rings (SSSR count). The minimum Gasteiger partial charge on any atom is -0.488 e. The quantitative estimate of drug-likeness (QED) is 0.861. The maximum atomic E-state index is 13.1. The standard InChI is InChI=1S/C21H27N3O2S/c1-21(2)19(13-6-8-24(21)9-7-13)22-20(25)16-12-14-4-5-15-17(18(14)27-16)26-11-10-23(15)3/h4-5,12-13,19H,6-11H2,1-3H3,(H,22,25)/t19-/m1/s1. The van der Waals surface area contributed by atoms with Crippen LogP contribution in [0.3, 0.4) is 0 Å². The first-order chi connectivity index (χ1) is 12.9. The van der Waals surface area contributed by atoms with Gasteiger partial charge in [-0.05, 0) is 63.2 Å². The number of ether oxygens (including phenoxy) is 1. The highest BCUT2D eigenvalue weighted by Crippen LogP contribution is 2.43. The molecule has 4 aliphatic heterocycles. The predicted octanol–water partition coefficient (Wildman–Crippen LogP) is 3.33. The normalized spacial score (nSPS) is 28.7. The average Bonchev–Trinajstić information content (AvgIpc) is 3.10. The number of thiophene rings is 1. The highest BCUT2D eigenvalue weighted by molar-refractivity contribution is 7.21. The van der Waals surface area contributed by atoms with Crippen LogP contribution in [-0.2, 0) is 0 Å². The SMILES string of the molecule is CN1CCOc2c1ccc1cc(C(=O)N[C@@H]3C4CCN(CC4)C3(C)C)sc21. The molecule has 6 heteroatoms. The zero-order valence-electron chi connectivity index (χ0n) is 16.2. The highest BCUT2D eigenvalue weighted by Gasteiger charge is 2.48. The summed E-state index contributed by atoms with van der Waals surface area (Å²) in [6, 6.07) is 6.43. The van der Waals surface area contributed by atoms with Crippen molar-refractivity contribution in [3.05, 3.63) is 23.1 Å². The summed E-state index contributed by atoms with van der Waals surface area (Å²) < 4.78 is 7.03. The Morgan fingerprint density at radius 1 is 1.26 bits per heavy atom. The van der Waals surface area contributed by atoms with Crippen LogP contribution in [0.5, 0.6) is 5.75 Å². The Labute approximate surface area is 164 Å². The number of benzene rings is 1. The molecule has 0 radical (unpaired) electrons. The second-order valence-corrected chi connectivity index (χ2v) is 9.69. The predicted molar refractivity (Wildman–Crippen MR) is 110 cm³/mol. The van der Waals surface area contributed by atoms with Gasteiger partial charge in [0.15, 0.2) is 5.75 Å². The van der Waals surface area contributed by atoms with Crippen LogP contribution in [0.2, 0.25) is 0 Å². The van der Waals surface area contributed by atoms with Gasteiger partial charge in [-0.15, -0.1) is 11.3 Å². The van der Waals surface area contributed by atoms with Gasteiger partial charge < -0.3 is 15.0 Å². The Bertz CT molecular complexity index is 898. The van der Waals surface area contributed by atoms with Crippen molar-refractivity contribution in [2.45, 2.75) is 38.3 Å². The third-order valence-corrected chi connectivity index (χ3v) is 7.95. The minimum atomic E-state index is 0.0263. The average molecular weight is 386 g/mol. The summed E-state index contributed by atoms with van der Waals surface area (Å²) in [5.74, 6) is 1.57. The molecule has 27 heavy (non-hydrogen) atoms. The minimum absolute atomic E-state index is 0.0263. The number of carbonyl (C=O) groups is 1. The van der Waals surface area contributed by atoms with Crippen molar-refractivity contribution < 1.29 is 9.53 Å². The molecule has 2 bridgehead atoms. The first-order valence-electron chi connectivity index (χ1n) is 9.91. The molecule has 5 nitrogen and oxygen atoms in total. The Morgan fingerprint density at radius 2 is 2.04 bits per heavy atom. The lowest BCUT2D eigenvalue weighted by Gasteiger charge is -2.56. The third kappa shape index (κ3) is 2.64. The molecule has 3 saturated heterocycles. The van der Waals surface area contributed by atoms with Gasteiger partial charge in [0, 0.05) is 18.6 Å². The van der Waals surface area contributed by atoms with Crippen molar-refractivity contribution >= 4 is 33.0 Å². The molecule has 1 atom stereocenters. The van der Waals surface area contributed by atoms with Gasteiger partial charge >= 0.3 is 0 Å². The molecule has 144 valence electrons. The number of amides is 1. The number of anilines is 1. The molecule has 0 aliphatic carbocycles. The molecule has 1 aromatic heterocycles. The second-order valence-electron chi connectivity index (χ2n) is 8.64. The van der Waals surface area contributed by atoms with Crippen LogP contribution in [0, 0.1) is 5.92 Å². The van der Waals surface area contributed by atoms with E-state index in [-0.39, 0.29) is 17.5 Å². The summed E-state index contributed by atoms with van der Waals surface area (Å²) in [4.78, 5) is 18.6. The van der Waals surface area contributed by atoms with Crippen molar-refractivity contribution in [1.29, 1.82) is 0 Å². The Balaban J connectivity index is 1.45. The van der Waals surface area contributed by atoms with Crippen molar-refractivity contribution in [2.24, 2.45) is 5.92 Å². The smallest absolute Gasteiger partial charge is 0.261 e. The molecule has 3 fully saturated rings. The van der Waals surface area contributed by atoms with Gasteiger partial charge in [-0.3, -0.25) is 9.69 Å². The summed E-state index contributed by atoms with van der Waals surface area (Å²) in [7, 11) is 2.09. The van der Waals surface area contributed by atoms with E-state index in [4.69, 9.17) is 4.74 Å². The number of hydrogen-bond acceptors (Lipinski definition) is 5. The van der Waals surface area contributed by atoms with Gasteiger partial charge in [-0.25, -0.2) is 0 Å². The van der Waals surface area contributed by atoms with Crippen LogP contribution in [0.4, 0.5) is 5.69 Å². The maximum absolute atomic E-state index is 13.1. The molecular weight excluding hydrogens is 358 g/mol. The van der Waals surface area contributed by atoms with E-state index in [0.717, 1.165) is 46.0 Å². The number of carbonyl (C=O) groups excluding carboxylic acids is 1. The summed E-state index contributed by atoms with van der Waals surface area (Å²) in [5.41, 5.74) is 1.14. The number of fused-ring (bicyclic) bond motifs is 6. The second kappa shape index (κ2) is 6.11. The number of nitrogens with one attached hydrogen (secondary N) is 1. The number of rotatable bonds is 2. The Morgan fingerprint density at radius 3 is 2.78 bits per heavy atom. The van der Waals surface area contributed by atoms with Crippen LogP contribution < -0.4 is 15.0 Å². The van der Waals surface area contributed by atoms with Crippen LogP contribution in [-0.4, -0.2) is 55.7 Å². The van der Waals surface area contributed by atoms with Gasteiger partial charge in [0.25, 0.3) is 5.91 Å². The first-order valence-corrected chi connectivity index (χ1v) is 10.7. The molecule has 4 aliphatic rings. The molecule has 0 spiro atoms. The zero-order valence-corrected chi connectivity index (χ0v) is 17.1. The fourth-order valence-electron chi connectivity index (χ4n) is 5.11. The molecule has 1 aromatic carbocycles. The van der Waals surface area contributed by atoms with Crippen molar-refractivity contribution in [3.8, 4) is 5.75 Å². The molecular formula is C21H27N3O2S. The molecule has 0 saturated carbocycles. The van der Waals surface area contributed by atoms with Gasteiger partial charge in [0.1, 0.15) is 6.61 Å². The lowest BCUT2D eigenvalue weighted by Crippen LogP contribution is -2.69. The summed E-state index contributed by atoms with van der Waals surface area (Å²) >= 11 is 1.55. The lowest BCUT2D eigenvalue weighted by molar-refractivity contribution is -0.0377. The summed E-state index contributed by atoms with van der Waals surface area (Å²) in [6.45, 7) is 8.44. The van der Waals surface area contributed by atoms with Crippen molar-refractivity contribution in [2.75, 3.05) is 38.2 Å². The van der Waals surface area contributed by atoms with E-state index in [1.165, 1.54) is 12.8 Å². The first kappa shape index (κ1) is 17.3. The van der Waals surface area contributed by atoms with E-state index in [9.17, 15) is 4.79 Å². The molecule has 0 unspecified atom stereocenters. The Kier molecular flexibility index (Phi) is 3.92. The fourth-order valence-corrected chi connectivity index (χ4v) is 6.17. The van der Waals surface area contributed by atoms with E-state index >= 15 is 0 Å². The van der Waals surface area contributed by atoms with Crippen molar-refractivity contribution in [1.82, 2.24) is 10.2 Å². The highest BCUT2D eigenvalue weighted by atomic mass is 32.1. The number of hydrogen-bond donors (Lipinski definition) is 1. The van der Waals surface area contributed by atoms with E-state index in [0.29, 0.717) is 12.5 Å². The topological polar surface area (TPSA) is 44.8 Å². The van der Waals surface area contributed by atoms with Gasteiger partial charge in [-0.1, -0.05) is 6.07 Å². The molecule has 5 heterocycles. The summed E-state index contributed by atoms with van der Waals surface area (Å²) in [5, 5.41) is 4.48. The number of likely N-dealkylation sites (N-methyl/N-ethyl adjacent to an activating group) is 1. The van der Waals surface area contributed by atoms with Crippen molar-refractivity contribution in [3.63, 3.8) is 0 Å². The lowest BCUT2D eigenvalue weighted by atomic mass is 9.72. The fraction of sp³-hybridized carbons (Fsp3) is 0.571. The van der Waals surface area contributed by atoms with Crippen LogP contribution >= 0.6 is 11.3 Å². The van der Waals surface area contributed by atoms with E-state index < -0.39 is 0 Å². The maximum Gasteiger partial charge on any atom is 0.261 e. The zero-order chi connectivity index (χ0) is 18.8. The molecule has 1 N–H and O–H groups in total. The van der Waals surface area contributed by atoms with Gasteiger partial charge in [0.05, 0.1) is 21.8 Å². The largest absolute Gasteiger partial charge is 0.488 e. The number of nitrogens with zero attached hydrogens (tertiary/aromatic N) is 2. The third-order valence-electron chi connectivity index (χ3n) is 6.80. The van der Waals surface area contributed by atoms with Crippen LogP contribution in [0.15, 0.2) is 18.2 Å². The van der Waals surface area contributed by atoms with E-state index in [2.05, 4.69) is 48.1 Å². The van der Waals surface area contributed by atoms with Gasteiger partial charge in [-0.2, -0.15) is 0 Å². The molecule has 1 amide bonds. The van der Waals surface area contributed by atoms with Crippen LogP contribution in [0.25, 0.3) is 10.1 Å². The van der Waals surface area contributed by atoms with E-state index in [1.807, 2.05) is 6.07 Å². The Hall–Kier alpha value is -1.79. The monoisotopic (exact) mass is 385 g/mol. The van der Waals surface area contributed by atoms with Crippen LogP contribution in [0.1, 0.15) is 36.4 Å². The van der Waals surface area contributed by atoms with E-state index in [1.54, 1.807) is 11.3 Å².